The number of aromatic amines is 1. The second kappa shape index (κ2) is 9.02. The zero-order valence-electron chi connectivity index (χ0n) is 20.0. The molecule has 0 aliphatic carbocycles. The van der Waals surface area contributed by atoms with Gasteiger partial charge in [0, 0.05) is 35.6 Å². The first kappa shape index (κ1) is 22.3. The Balaban J connectivity index is 1.51. The number of nitrogens with two attached hydrogens (primary N) is 1. The maximum Gasteiger partial charge on any atom is 0.248 e. The van der Waals surface area contributed by atoms with Crippen molar-refractivity contribution in [1.29, 1.82) is 0 Å². The van der Waals surface area contributed by atoms with E-state index in [2.05, 4.69) is 37.3 Å². The Morgan fingerprint density at radius 2 is 2.00 bits per heavy atom. The van der Waals surface area contributed by atoms with Gasteiger partial charge in [0.05, 0.1) is 17.4 Å². The van der Waals surface area contributed by atoms with Crippen molar-refractivity contribution in [1.82, 2.24) is 39.6 Å². The quantitative estimate of drug-likeness (QED) is 0.436. The summed E-state index contributed by atoms with van der Waals surface area (Å²) < 4.78 is 3.86. The Labute approximate surface area is 198 Å². The van der Waals surface area contributed by atoms with Gasteiger partial charge in [0.25, 0.3) is 0 Å². The lowest BCUT2D eigenvalue weighted by Gasteiger charge is -2.32. The summed E-state index contributed by atoms with van der Waals surface area (Å²) in [4.78, 5) is 17.9. The van der Waals surface area contributed by atoms with Gasteiger partial charge in [-0.3, -0.25) is 14.2 Å². The lowest BCUT2D eigenvalue weighted by atomic mass is 10.00. The standard InChI is InChI=1S/C24H31N9O/c1-4-32-21(11-15(2)30-32)24-27-23(28-29-24)18-12-16(22(25)34)13-20-19(18)14-26-33(20)10-8-17-7-5-6-9-31(17)3/h11-14,17H,4-10H2,1-3H3,(H2,25,34)(H,27,28,29)/t17-/m1/s1. The van der Waals surface area contributed by atoms with E-state index >= 15 is 0 Å². The minimum Gasteiger partial charge on any atom is -0.366 e. The van der Waals surface area contributed by atoms with Crippen molar-refractivity contribution in [2.24, 2.45) is 5.73 Å². The second-order valence-corrected chi connectivity index (χ2v) is 9.12. The molecule has 1 saturated heterocycles. The lowest BCUT2D eigenvalue weighted by Crippen LogP contribution is -2.36. The van der Waals surface area contributed by atoms with Crippen LogP contribution < -0.4 is 5.73 Å². The molecule has 1 amide bonds. The summed E-state index contributed by atoms with van der Waals surface area (Å²) in [5.41, 5.74) is 9.52. The molecule has 1 fully saturated rings. The molecule has 34 heavy (non-hydrogen) atoms. The topological polar surface area (TPSA) is 124 Å². The Bertz CT molecular complexity index is 1330. The summed E-state index contributed by atoms with van der Waals surface area (Å²) in [5, 5.41) is 18.8. The van der Waals surface area contributed by atoms with Crippen molar-refractivity contribution in [2.45, 2.75) is 58.7 Å². The molecule has 0 radical (unpaired) electrons. The van der Waals surface area contributed by atoms with Gasteiger partial charge in [0.15, 0.2) is 11.6 Å². The van der Waals surface area contributed by atoms with E-state index < -0.39 is 5.91 Å². The van der Waals surface area contributed by atoms with Crippen LogP contribution in [-0.4, -0.2) is 65.2 Å². The zero-order valence-corrected chi connectivity index (χ0v) is 20.0. The average Bonchev–Trinajstić information content (AvgIpc) is 3.55. The number of likely N-dealkylation sites (tertiary alicyclic amines) is 1. The van der Waals surface area contributed by atoms with E-state index in [1.54, 1.807) is 6.07 Å². The number of hydrogen-bond acceptors (Lipinski definition) is 6. The van der Waals surface area contributed by atoms with Crippen molar-refractivity contribution in [2.75, 3.05) is 13.6 Å². The molecule has 3 N–H and O–H groups in total. The number of aryl methyl sites for hydroxylation is 3. The predicted octanol–water partition coefficient (Wildman–Crippen LogP) is 2.99. The first-order valence-corrected chi connectivity index (χ1v) is 11.9. The normalized spacial score (nSPS) is 17.0. The van der Waals surface area contributed by atoms with E-state index in [1.165, 1.54) is 19.3 Å². The van der Waals surface area contributed by atoms with Crippen LogP contribution in [0.5, 0.6) is 0 Å². The number of rotatable bonds is 7. The van der Waals surface area contributed by atoms with Crippen LogP contribution in [-0.2, 0) is 13.1 Å². The van der Waals surface area contributed by atoms with Crippen molar-refractivity contribution in [3.05, 3.63) is 35.7 Å². The molecule has 0 saturated carbocycles. The third-order valence-corrected chi connectivity index (χ3v) is 6.83. The number of hydrogen-bond donors (Lipinski definition) is 2. The SMILES string of the molecule is CCn1nc(C)cc1-c1nnc(-c2cc(C(N)=O)cc3c2cnn3CC[C@H]2CCCCN2C)[nH]1. The molecule has 1 aliphatic heterocycles. The third-order valence-electron chi connectivity index (χ3n) is 6.83. The number of fused-ring (bicyclic) bond motifs is 1. The zero-order chi connectivity index (χ0) is 23.8. The van der Waals surface area contributed by atoms with E-state index in [9.17, 15) is 4.79 Å². The largest absolute Gasteiger partial charge is 0.366 e. The van der Waals surface area contributed by atoms with Crippen LogP contribution in [0.3, 0.4) is 0 Å². The Morgan fingerprint density at radius 1 is 1.18 bits per heavy atom. The molecular weight excluding hydrogens is 430 g/mol. The van der Waals surface area contributed by atoms with Gasteiger partial charge >= 0.3 is 0 Å². The number of aromatic nitrogens is 7. The summed E-state index contributed by atoms with van der Waals surface area (Å²) in [6, 6.07) is 6.11. The van der Waals surface area contributed by atoms with Gasteiger partial charge in [-0.15, -0.1) is 10.2 Å². The van der Waals surface area contributed by atoms with E-state index in [4.69, 9.17) is 5.73 Å². The minimum absolute atomic E-state index is 0.423. The van der Waals surface area contributed by atoms with Crippen molar-refractivity contribution in [3.8, 4) is 22.9 Å². The second-order valence-electron chi connectivity index (χ2n) is 9.12. The Morgan fingerprint density at radius 3 is 2.76 bits per heavy atom. The average molecular weight is 462 g/mol. The molecule has 10 nitrogen and oxygen atoms in total. The fraction of sp³-hybridized carbons (Fsp3) is 0.458. The van der Waals surface area contributed by atoms with E-state index in [0.717, 1.165) is 53.9 Å². The van der Waals surface area contributed by atoms with Gasteiger partial charge < -0.3 is 15.6 Å². The maximum absolute atomic E-state index is 12.2. The van der Waals surface area contributed by atoms with Crippen LogP contribution in [0.4, 0.5) is 0 Å². The smallest absolute Gasteiger partial charge is 0.248 e. The molecule has 0 unspecified atom stereocenters. The number of benzene rings is 1. The van der Waals surface area contributed by atoms with Gasteiger partial charge in [-0.05, 0) is 64.9 Å². The molecule has 0 bridgehead atoms. The molecule has 4 heterocycles. The number of H-pyrrole nitrogens is 1. The third kappa shape index (κ3) is 4.09. The monoisotopic (exact) mass is 461 g/mol. The first-order chi connectivity index (χ1) is 16.4. The van der Waals surface area contributed by atoms with Crippen molar-refractivity contribution in [3.63, 3.8) is 0 Å². The molecule has 178 valence electrons. The number of amides is 1. The van der Waals surface area contributed by atoms with Gasteiger partial charge in [-0.1, -0.05) is 6.42 Å². The summed E-state index contributed by atoms with van der Waals surface area (Å²) in [5.74, 6) is 0.710. The predicted molar refractivity (Wildman–Crippen MR) is 130 cm³/mol. The lowest BCUT2D eigenvalue weighted by molar-refractivity contribution is 0.100. The number of nitrogens with zero attached hydrogens (tertiary/aromatic N) is 7. The molecule has 1 aromatic carbocycles. The fourth-order valence-corrected chi connectivity index (χ4v) is 4.95. The summed E-state index contributed by atoms with van der Waals surface area (Å²) in [7, 11) is 2.20. The molecule has 1 aliphatic rings. The number of piperidine rings is 1. The molecule has 4 aromatic rings. The molecule has 5 rings (SSSR count). The number of carbonyl (C=O) groups excluding carboxylic acids is 1. The number of primary amides is 1. The van der Waals surface area contributed by atoms with Crippen LogP contribution >= 0.6 is 0 Å². The molecule has 0 spiro atoms. The van der Waals surface area contributed by atoms with Crippen LogP contribution in [0.25, 0.3) is 33.8 Å². The van der Waals surface area contributed by atoms with Crippen molar-refractivity contribution < 1.29 is 4.79 Å². The van der Waals surface area contributed by atoms with Gasteiger partial charge in [-0.25, -0.2) is 0 Å². The minimum atomic E-state index is -0.484. The molecule has 10 heteroatoms. The van der Waals surface area contributed by atoms with E-state index in [-0.39, 0.29) is 0 Å². The maximum atomic E-state index is 12.2. The summed E-state index contributed by atoms with van der Waals surface area (Å²) >= 11 is 0. The van der Waals surface area contributed by atoms with Gasteiger partial charge in [0.1, 0.15) is 5.69 Å². The van der Waals surface area contributed by atoms with Crippen LogP contribution in [0, 0.1) is 6.92 Å². The van der Waals surface area contributed by atoms with E-state index in [1.807, 2.05) is 41.5 Å². The highest BCUT2D eigenvalue weighted by Crippen LogP contribution is 2.30. The first-order valence-electron chi connectivity index (χ1n) is 11.9. The molecule has 3 aromatic heterocycles. The van der Waals surface area contributed by atoms with Gasteiger partial charge in [0.2, 0.25) is 5.91 Å². The number of carbonyl (C=O) groups is 1. The fourth-order valence-electron chi connectivity index (χ4n) is 4.95. The van der Waals surface area contributed by atoms with Gasteiger partial charge in [-0.2, -0.15) is 10.2 Å². The van der Waals surface area contributed by atoms with Crippen LogP contribution in [0.15, 0.2) is 24.4 Å². The highest BCUT2D eigenvalue weighted by molar-refractivity contribution is 6.02. The van der Waals surface area contributed by atoms with Crippen molar-refractivity contribution >= 4 is 16.8 Å². The van der Waals surface area contributed by atoms with Crippen LogP contribution in [0.1, 0.15) is 48.7 Å². The Kier molecular flexibility index (Phi) is 5.91. The van der Waals surface area contributed by atoms with Crippen LogP contribution in [0.2, 0.25) is 0 Å². The number of nitrogens with one attached hydrogen (secondary N) is 1. The van der Waals surface area contributed by atoms with E-state index in [0.29, 0.717) is 23.3 Å². The highest BCUT2D eigenvalue weighted by atomic mass is 16.1. The summed E-state index contributed by atoms with van der Waals surface area (Å²) in [6.45, 7) is 6.63. The highest BCUT2D eigenvalue weighted by Gasteiger charge is 2.21. The molecular formula is C24H31N9O. The summed E-state index contributed by atoms with van der Waals surface area (Å²) in [6.07, 6.45) is 6.59. The molecule has 1 atom stereocenters. The Hall–Kier alpha value is -3.53.